The molecule has 1 aromatic carbocycles. The average molecular weight is 502 g/mol. The number of hydrogen-bond donors (Lipinski definition) is 0. The summed E-state index contributed by atoms with van der Waals surface area (Å²) in [5.41, 5.74) is 3.45. The number of likely N-dealkylation sites (tertiary alicyclic amines) is 1. The van der Waals surface area contributed by atoms with Gasteiger partial charge in [-0.05, 0) is 61.7 Å². The van der Waals surface area contributed by atoms with Crippen LogP contribution in [0.4, 0.5) is 5.69 Å². The maximum Gasteiger partial charge on any atom is 0.234 e. The molecule has 8 nitrogen and oxygen atoms in total. The summed E-state index contributed by atoms with van der Waals surface area (Å²) < 4.78 is 8.27. The Morgan fingerprint density at radius 2 is 1.70 bits per heavy atom. The number of fused-ring (bicyclic) bond motifs is 1. The van der Waals surface area contributed by atoms with E-state index in [4.69, 9.17) is 4.74 Å². The molecule has 8 heteroatoms. The van der Waals surface area contributed by atoms with E-state index in [1.165, 1.54) is 37.3 Å². The highest BCUT2D eigenvalue weighted by Gasteiger charge is 2.22. The highest BCUT2D eigenvalue weighted by molar-refractivity contribution is 5.77. The predicted molar refractivity (Wildman–Crippen MR) is 147 cm³/mol. The first kappa shape index (κ1) is 25.5. The molecule has 0 bridgehead atoms. The third kappa shape index (κ3) is 6.41. The van der Waals surface area contributed by atoms with Gasteiger partial charge in [-0.3, -0.25) is 9.80 Å². The molecule has 4 heterocycles. The molecule has 0 amide bonds. The lowest BCUT2D eigenvalue weighted by molar-refractivity contribution is 0.237. The van der Waals surface area contributed by atoms with E-state index in [0.29, 0.717) is 0 Å². The zero-order valence-corrected chi connectivity index (χ0v) is 22.5. The summed E-state index contributed by atoms with van der Waals surface area (Å²) in [6, 6.07) is 12.9. The van der Waals surface area contributed by atoms with E-state index in [2.05, 4.69) is 86.4 Å². The summed E-state index contributed by atoms with van der Waals surface area (Å²) in [6.07, 6.45) is 4.42. The minimum absolute atomic E-state index is 0.0984. The Balaban J connectivity index is 1.18. The number of nitrogens with zero attached hydrogens (tertiary/aromatic N) is 7. The van der Waals surface area contributed by atoms with Crippen LogP contribution in [0, 0.1) is 16.7 Å². The van der Waals surface area contributed by atoms with Crippen molar-refractivity contribution in [2.75, 3.05) is 57.3 Å². The molecule has 2 saturated heterocycles. The van der Waals surface area contributed by atoms with Gasteiger partial charge in [0.15, 0.2) is 0 Å². The number of benzene rings is 1. The smallest absolute Gasteiger partial charge is 0.234 e. The van der Waals surface area contributed by atoms with Crippen LogP contribution in [0.3, 0.4) is 0 Å². The maximum atomic E-state index is 9.30. The van der Waals surface area contributed by atoms with E-state index in [9.17, 15) is 5.26 Å². The van der Waals surface area contributed by atoms with Crippen LogP contribution in [-0.4, -0.2) is 76.8 Å². The highest BCUT2D eigenvalue weighted by Crippen LogP contribution is 2.26. The number of rotatable bonds is 8. The van der Waals surface area contributed by atoms with Gasteiger partial charge in [-0.15, -0.1) is 0 Å². The van der Waals surface area contributed by atoms with E-state index in [1.54, 1.807) is 6.20 Å². The topological polar surface area (TPSA) is 73.5 Å². The summed E-state index contributed by atoms with van der Waals surface area (Å²) in [5.74, 6) is 1.18. The van der Waals surface area contributed by atoms with Gasteiger partial charge in [0.1, 0.15) is 24.1 Å². The van der Waals surface area contributed by atoms with Gasteiger partial charge in [0, 0.05) is 68.8 Å². The number of aromatic nitrogens is 3. The number of piperazine rings is 1. The molecule has 0 spiro atoms. The Labute approximate surface area is 220 Å². The van der Waals surface area contributed by atoms with E-state index < -0.39 is 0 Å². The SMILES string of the molecule is CC(C)(C)Cn1c(CN2CCN(c3ccc(OCCN4CCCC4)cc3)CC2)cc2cnc(C#N)nc21. The van der Waals surface area contributed by atoms with Crippen molar-refractivity contribution < 1.29 is 4.74 Å². The summed E-state index contributed by atoms with van der Waals surface area (Å²) in [4.78, 5) is 16.2. The quantitative estimate of drug-likeness (QED) is 0.459. The van der Waals surface area contributed by atoms with Gasteiger partial charge >= 0.3 is 0 Å². The highest BCUT2D eigenvalue weighted by atomic mass is 16.5. The van der Waals surface area contributed by atoms with Crippen LogP contribution in [0.2, 0.25) is 0 Å². The second-order valence-electron chi connectivity index (χ2n) is 11.5. The van der Waals surface area contributed by atoms with E-state index in [0.717, 1.165) is 69.2 Å². The van der Waals surface area contributed by atoms with Crippen LogP contribution >= 0.6 is 0 Å². The zero-order chi connectivity index (χ0) is 25.8. The minimum Gasteiger partial charge on any atom is -0.492 e. The first-order valence-electron chi connectivity index (χ1n) is 13.6. The van der Waals surface area contributed by atoms with E-state index >= 15 is 0 Å². The second-order valence-corrected chi connectivity index (χ2v) is 11.5. The van der Waals surface area contributed by atoms with Crippen molar-refractivity contribution in [1.82, 2.24) is 24.3 Å². The molecular weight excluding hydrogens is 462 g/mol. The molecule has 2 fully saturated rings. The minimum atomic E-state index is 0.0984. The Morgan fingerprint density at radius 1 is 0.973 bits per heavy atom. The molecule has 196 valence electrons. The molecular formula is C29H39N7O. The van der Waals surface area contributed by atoms with Gasteiger partial charge in [-0.2, -0.15) is 5.26 Å². The maximum absolute atomic E-state index is 9.30. The molecule has 2 aliphatic heterocycles. The summed E-state index contributed by atoms with van der Waals surface area (Å²) in [5, 5.41) is 10.3. The first-order chi connectivity index (χ1) is 17.9. The molecule has 0 atom stereocenters. The predicted octanol–water partition coefficient (Wildman–Crippen LogP) is 4.15. The monoisotopic (exact) mass is 501 g/mol. The molecule has 0 radical (unpaired) electrons. The third-order valence-corrected chi connectivity index (χ3v) is 7.29. The Morgan fingerprint density at radius 3 is 2.38 bits per heavy atom. The third-order valence-electron chi connectivity index (χ3n) is 7.29. The van der Waals surface area contributed by atoms with Crippen molar-refractivity contribution in [1.29, 1.82) is 5.26 Å². The van der Waals surface area contributed by atoms with Crippen molar-refractivity contribution >= 4 is 16.7 Å². The molecule has 0 aliphatic carbocycles. The van der Waals surface area contributed by atoms with Crippen molar-refractivity contribution in [2.45, 2.75) is 46.7 Å². The summed E-state index contributed by atoms with van der Waals surface area (Å²) in [7, 11) is 0. The molecule has 0 N–H and O–H groups in total. The van der Waals surface area contributed by atoms with Gasteiger partial charge in [-0.25, -0.2) is 9.97 Å². The van der Waals surface area contributed by atoms with Gasteiger partial charge in [-0.1, -0.05) is 20.8 Å². The van der Waals surface area contributed by atoms with Gasteiger partial charge in [0.05, 0.1) is 0 Å². The van der Waals surface area contributed by atoms with Crippen LogP contribution in [0.25, 0.3) is 11.0 Å². The fraction of sp³-hybridized carbons (Fsp3) is 0.552. The van der Waals surface area contributed by atoms with Gasteiger partial charge in [0.2, 0.25) is 5.82 Å². The molecule has 2 aliphatic rings. The fourth-order valence-electron chi connectivity index (χ4n) is 5.37. The second kappa shape index (κ2) is 11.1. The van der Waals surface area contributed by atoms with E-state index in [1.807, 2.05) is 0 Å². The average Bonchev–Trinajstić information content (AvgIpc) is 3.52. The molecule has 2 aromatic heterocycles. The van der Waals surface area contributed by atoms with Crippen LogP contribution in [0.15, 0.2) is 36.5 Å². The normalized spacial score (nSPS) is 17.4. The van der Waals surface area contributed by atoms with Crippen LogP contribution in [0.5, 0.6) is 5.75 Å². The first-order valence-corrected chi connectivity index (χ1v) is 13.6. The van der Waals surface area contributed by atoms with Crippen molar-refractivity contribution in [2.24, 2.45) is 5.41 Å². The van der Waals surface area contributed by atoms with Gasteiger partial charge < -0.3 is 14.2 Å². The molecule has 5 rings (SSSR count). The van der Waals surface area contributed by atoms with Gasteiger partial charge in [0.25, 0.3) is 0 Å². The number of anilines is 1. The molecule has 3 aromatic rings. The standard InChI is InChI=1S/C29H39N7O/c1-29(2,3)22-36-25(18-23-20-31-27(19-30)32-28(23)36)21-34-12-14-35(15-13-34)24-6-8-26(9-7-24)37-17-16-33-10-4-5-11-33/h6-9,18,20H,4-5,10-17,21-22H2,1-3H3. The zero-order valence-electron chi connectivity index (χ0n) is 22.5. The van der Waals surface area contributed by atoms with Crippen LogP contribution < -0.4 is 9.64 Å². The Hall–Kier alpha value is -3.15. The number of nitriles is 1. The largest absolute Gasteiger partial charge is 0.492 e. The molecule has 37 heavy (non-hydrogen) atoms. The lowest BCUT2D eigenvalue weighted by Gasteiger charge is -2.36. The molecule has 0 unspecified atom stereocenters. The van der Waals surface area contributed by atoms with Crippen LogP contribution in [0.1, 0.15) is 45.1 Å². The lowest BCUT2D eigenvalue weighted by atomic mass is 9.97. The summed E-state index contributed by atoms with van der Waals surface area (Å²) in [6.45, 7) is 16.6. The van der Waals surface area contributed by atoms with Crippen LogP contribution in [-0.2, 0) is 13.1 Å². The summed E-state index contributed by atoms with van der Waals surface area (Å²) >= 11 is 0. The van der Waals surface area contributed by atoms with Crippen molar-refractivity contribution in [3.8, 4) is 11.8 Å². The van der Waals surface area contributed by atoms with Crippen molar-refractivity contribution in [3.05, 3.63) is 48.0 Å². The Bertz CT molecular complexity index is 1220. The lowest BCUT2D eigenvalue weighted by Crippen LogP contribution is -2.46. The molecule has 0 saturated carbocycles. The fourth-order valence-corrected chi connectivity index (χ4v) is 5.37. The Kier molecular flexibility index (Phi) is 7.63. The number of ether oxygens (including phenoxy) is 1. The number of hydrogen-bond acceptors (Lipinski definition) is 7. The van der Waals surface area contributed by atoms with E-state index in [-0.39, 0.29) is 11.2 Å². The van der Waals surface area contributed by atoms with Crippen molar-refractivity contribution in [3.63, 3.8) is 0 Å².